The molecule has 0 bridgehead atoms. The largest absolute Gasteiger partial charge is 0.394 e. The molecule has 2 nitrogen and oxygen atoms in total. The van der Waals surface area contributed by atoms with E-state index < -0.39 is 0 Å². The van der Waals surface area contributed by atoms with Gasteiger partial charge in [0, 0.05) is 12.1 Å². The van der Waals surface area contributed by atoms with Gasteiger partial charge in [-0.1, -0.05) is 18.6 Å². The predicted molar refractivity (Wildman–Crippen MR) is 49.0 cm³/mol. The summed E-state index contributed by atoms with van der Waals surface area (Å²) in [5.74, 6) is 0. The average Bonchev–Trinajstić information content (AvgIpc) is 2.18. The van der Waals surface area contributed by atoms with Crippen LogP contribution < -0.4 is 0 Å². The smallest absolute Gasteiger partial charge is 0.0618 e. The van der Waals surface area contributed by atoms with Gasteiger partial charge in [0.05, 0.1) is 6.61 Å². The lowest BCUT2D eigenvalue weighted by Crippen LogP contribution is -2.55. The molecule has 0 spiro atoms. The molecule has 1 atom stereocenters. The molecule has 1 unspecified atom stereocenters. The zero-order valence-electron chi connectivity index (χ0n) is 7.50. The van der Waals surface area contributed by atoms with E-state index in [1.54, 1.807) is 0 Å². The van der Waals surface area contributed by atoms with Crippen LogP contribution in [0.4, 0.5) is 0 Å². The fraction of sp³-hybridized carbons (Fsp3) is 0.800. The molecule has 0 aliphatic carbocycles. The van der Waals surface area contributed by atoms with Crippen molar-refractivity contribution in [3.05, 3.63) is 12.2 Å². The topological polar surface area (TPSA) is 23.5 Å². The molecule has 0 amide bonds. The van der Waals surface area contributed by atoms with Crippen LogP contribution in [0, 0.1) is 0 Å². The van der Waals surface area contributed by atoms with Crippen LogP contribution in [0.3, 0.4) is 0 Å². The highest BCUT2D eigenvalue weighted by Crippen LogP contribution is 2.33. The highest BCUT2D eigenvalue weighted by atomic mass is 16.3. The van der Waals surface area contributed by atoms with E-state index in [0.29, 0.717) is 6.61 Å². The zero-order chi connectivity index (χ0) is 8.44. The van der Waals surface area contributed by atoms with E-state index in [1.165, 1.54) is 25.8 Å². The first-order valence-electron chi connectivity index (χ1n) is 4.88. The third-order valence-corrected chi connectivity index (χ3v) is 3.28. The first-order chi connectivity index (χ1) is 5.87. The van der Waals surface area contributed by atoms with Gasteiger partial charge in [0.1, 0.15) is 0 Å². The fourth-order valence-electron chi connectivity index (χ4n) is 2.42. The van der Waals surface area contributed by atoms with Gasteiger partial charge in [0.2, 0.25) is 0 Å². The Morgan fingerprint density at radius 2 is 2.25 bits per heavy atom. The molecule has 1 fully saturated rings. The maximum absolute atomic E-state index is 9.40. The lowest BCUT2D eigenvalue weighted by atomic mass is 9.82. The van der Waals surface area contributed by atoms with E-state index >= 15 is 0 Å². The summed E-state index contributed by atoms with van der Waals surface area (Å²) in [5.41, 5.74) is 0.118. The molecule has 0 saturated carbocycles. The maximum Gasteiger partial charge on any atom is 0.0618 e. The minimum atomic E-state index is 0.118. The molecule has 1 saturated heterocycles. The van der Waals surface area contributed by atoms with Crippen LogP contribution >= 0.6 is 0 Å². The van der Waals surface area contributed by atoms with Gasteiger partial charge in [0.15, 0.2) is 0 Å². The lowest BCUT2D eigenvalue weighted by Gasteiger charge is -2.47. The molecule has 0 aromatic rings. The number of hydrogen-bond donors (Lipinski definition) is 1. The van der Waals surface area contributed by atoms with Crippen molar-refractivity contribution in [2.24, 2.45) is 0 Å². The van der Waals surface area contributed by atoms with E-state index in [9.17, 15) is 5.11 Å². The minimum Gasteiger partial charge on any atom is -0.394 e. The highest BCUT2D eigenvalue weighted by molar-refractivity contribution is 5.06. The molecule has 2 heteroatoms. The Morgan fingerprint density at radius 3 is 3.00 bits per heavy atom. The standard InChI is InChI=1S/C10H17NO/c12-9-10-5-1-3-7-11(10)8-4-2-6-10/h1,3,12H,2,4-9H2. The van der Waals surface area contributed by atoms with Gasteiger partial charge >= 0.3 is 0 Å². The average molecular weight is 167 g/mol. The first kappa shape index (κ1) is 8.27. The molecular weight excluding hydrogens is 150 g/mol. The Morgan fingerprint density at radius 1 is 1.33 bits per heavy atom. The summed E-state index contributed by atoms with van der Waals surface area (Å²) >= 11 is 0. The zero-order valence-corrected chi connectivity index (χ0v) is 7.50. The maximum atomic E-state index is 9.40. The monoisotopic (exact) mass is 167 g/mol. The van der Waals surface area contributed by atoms with Crippen molar-refractivity contribution >= 4 is 0 Å². The molecule has 0 aromatic heterocycles. The molecule has 0 radical (unpaired) electrons. The van der Waals surface area contributed by atoms with Crippen molar-refractivity contribution in [3.63, 3.8) is 0 Å². The summed E-state index contributed by atoms with van der Waals surface area (Å²) in [6, 6.07) is 0. The van der Waals surface area contributed by atoms with E-state index in [4.69, 9.17) is 0 Å². The Labute approximate surface area is 73.9 Å². The van der Waals surface area contributed by atoms with Crippen LogP contribution in [-0.2, 0) is 0 Å². The molecule has 2 aliphatic heterocycles. The fourth-order valence-corrected chi connectivity index (χ4v) is 2.42. The number of aliphatic hydroxyl groups excluding tert-OH is 1. The number of hydrogen-bond acceptors (Lipinski definition) is 2. The molecule has 1 N–H and O–H groups in total. The number of fused-ring (bicyclic) bond motifs is 1. The normalized spacial score (nSPS) is 36.4. The molecular formula is C10H17NO. The van der Waals surface area contributed by atoms with Crippen LogP contribution in [0.2, 0.25) is 0 Å². The van der Waals surface area contributed by atoms with E-state index in [0.717, 1.165) is 13.0 Å². The summed E-state index contributed by atoms with van der Waals surface area (Å²) < 4.78 is 0. The van der Waals surface area contributed by atoms with Crippen LogP contribution in [0.5, 0.6) is 0 Å². The Bertz CT molecular complexity index is 190. The summed E-state index contributed by atoms with van der Waals surface area (Å²) in [7, 11) is 0. The third-order valence-electron chi connectivity index (χ3n) is 3.28. The molecule has 2 aliphatic rings. The van der Waals surface area contributed by atoms with Crippen LogP contribution in [-0.4, -0.2) is 35.2 Å². The summed E-state index contributed by atoms with van der Waals surface area (Å²) in [4.78, 5) is 2.44. The Hall–Kier alpha value is -0.340. The van der Waals surface area contributed by atoms with E-state index in [1.807, 2.05) is 0 Å². The molecule has 12 heavy (non-hydrogen) atoms. The van der Waals surface area contributed by atoms with Gasteiger partial charge in [-0.05, 0) is 25.8 Å². The summed E-state index contributed by atoms with van der Waals surface area (Å²) in [6.07, 6.45) is 9.25. The number of rotatable bonds is 1. The second-order valence-electron chi connectivity index (χ2n) is 3.96. The minimum absolute atomic E-state index is 0.118. The van der Waals surface area contributed by atoms with Crippen LogP contribution in [0.1, 0.15) is 25.7 Å². The van der Waals surface area contributed by atoms with Gasteiger partial charge in [-0.25, -0.2) is 0 Å². The summed E-state index contributed by atoms with van der Waals surface area (Å²) in [5, 5.41) is 9.40. The van der Waals surface area contributed by atoms with Gasteiger partial charge < -0.3 is 5.11 Å². The molecule has 2 heterocycles. The third kappa shape index (κ3) is 1.19. The SMILES string of the molecule is OCC12CC=CCN1CCCC2. The van der Waals surface area contributed by atoms with Crippen LogP contribution in [0.25, 0.3) is 0 Å². The van der Waals surface area contributed by atoms with Gasteiger partial charge in [-0.3, -0.25) is 4.90 Å². The predicted octanol–water partition coefficient (Wildman–Crippen LogP) is 1.16. The second-order valence-corrected chi connectivity index (χ2v) is 3.96. The second kappa shape index (κ2) is 3.19. The Balaban J connectivity index is 2.17. The van der Waals surface area contributed by atoms with Crippen molar-refractivity contribution < 1.29 is 5.11 Å². The van der Waals surface area contributed by atoms with Crippen LogP contribution in [0.15, 0.2) is 12.2 Å². The van der Waals surface area contributed by atoms with E-state index in [2.05, 4.69) is 17.1 Å². The van der Waals surface area contributed by atoms with Crippen molar-refractivity contribution in [2.75, 3.05) is 19.7 Å². The van der Waals surface area contributed by atoms with Gasteiger partial charge in [0.25, 0.3) is 0 Å². The molecule has 0 aromatic carbocycles. The molecule has 68 valence electrons. The number of piperidine rings is 1. The Kier molecular flexibility index (Phi) is 2.20. The van der Waals surface area contributed by atoms with Crippen molar-refractivity contribution in [1.29, 1.82) is 0 Å². The lowest BCUT2D eigenvalue weighted by molar-refractivity contribution is 0.00362. The van der Waals surface area contributed by atoms with Crippen molar-refractivity contribution in [1.82, 2.24) is 4.90 Å². The van der Waals surface area contributed by atoms with Crippen molar-refractivity contribution in [3.8, 4) is 0 Å². The number of nitrogens with zero attached hydrogens (tertiary/aromatic N) is 1. The quantitative estimate of drug-likeness (QED) is 0.592. The molecule has 2 rings (SSSR count). The summed E-state index contributed by atoms with van der Waals surface area (Å²) in [6.45, 7) is 2.54. The number of aliphatic hydroxyl groups is 1. The van der Waals surface area contributed by atoms with Crippen molar-refractivity contribution in [2.45, 2.75) is 31.2 Å². The first-order valence-corrected chi connectivity index (χ1v) is 4.88. The van der Waals surface area contributed by atoms with E-state index in [-0.39, 0.29) is 5.54 Å². The van der Waals surface area contributed by atoms with Gasteiger partial charge in [-0.2, -0.15) is 0 Å². The van der Waals surface area contributed by atoms with Gasteiger partial charge in [-0.15, -0.1) is 0 Å². The highest BCUT2D eigenvalue weighted by Gasteiger charge is 2.37.